The molecule has 0 amide bonds. The zero-order valence-corrected chi connectivity index (χ0v) is 14.0. The zero-order chi connectivity index (χ0) is 17.1. The molecule has 0 fully saturated rings. The third kappa shape index (κ3) is 3.26. The Hall–Kier alpha value is -3.09. The molecule has 3 aromatic heterocycles. The van der Waals surface area contributed by atoms with Crippen LogP contribution < -0.4 is 4.74 Å². The molecule has 4 aromatic rings. The summed E-state index contributed by atoms with van der Waals surface area (Å²) in [6.45, 7) is 3.32. The minimum atomic E-state index is 0.507. The van der Waals surface area contributed by atoms with E-state index >= 15 is 0 Å². The Kier molecular flexibility index (Phi) is 4.20. The summed E-state index contributed by atoms with van der Waals surface area (Å²) in [5, 5.41) is 9.36. The number of rotatable bonds is 6. The second-order valence-corrected chi connectivity index (χ2v) is 5.84. The highest BCUT2D eigenvalue weighted by Gasteiger charge is 2.10. The van der Waals surface area contributed by atoms with Gasteiger partial charge < -0.3 is 4.74 Å². The summed E-state index contributed by atoms with van der Waals surface area (Å²) >= 11 is 0. The van der Waals surface area contributed by atoms with Gasteiger partial charge in [-0.25, -0.2) is 9.67 Å². The van der Waals surface area contributed by atoms with Crippen molar-refractivity contribution in [3.63, 3.8) is 0 Å². The first kappa shape index (κ1) is 15.4. The van der Waals surface area contributed by atoms with Crippen LogP contribution in [0.3, 0.4) is 0 Å². The number of hydrogen-bond acceptors (Lipinski definition) is 6. The standard InChI is InChI=1S/C18H18N6O/c1-2-3-9-25-16-11-20-17-18(21-16)24(23-22-17)12-13-6-7-15-14(10-13)5-4-8-19-15/h4-8,10-11H,2-3,9,12H2,1H3. The highest BCUT2D eigenvalue weighted by atomic mass is 16.5. The molecule has 0 saturated heterocycles. The summed E-state index contributed by atoms with van der Waals surface area (Å²) in [5.74, 6) is 0.507. The van der Waals surface area contributed by atoms with Gasteiger partial charge in [-0.1, -0.05) is 30.7 Å². The molecule has 1 aromatic carbocycles. The third-order valence-electron chi connectivity index (χ3n) is 3.95. The second kappa shape index (κ2) is 6.80. The van der Waals surface area contributed by atoms with E-state index in [1.165, 1.54) is 0 Å². The Morgan fingerprint density at radius 1 is 1.16 bits per heavy atom. The summed E-state index contributed by atoms with van der Waals surface area (Å²) in [7, 11) is 0. The van der Waals surface area contributed by atoms with Gasteiger partial charge in [-0.3, -0.25) is 4.98 Å². The van der Waals surface area contributed by atoms with Crippen LogP contribution in [0.4, 0.5) is 0 Å². The van der Waals surface area contributed by atoms with Gasteiger partial charge >= 0.3 is 0 Å². The van der Waals surface area contributed by atoms with Crippen LogP contribution in [0.15, 0.2) is 42.7 Å². The van der Waals surface area contributed by atoms with Crippen molar-refractivity contribution in [1.82, 2.24) is 29.9 Å². The third-order valence-corrected chi connectivity index (χ3v) is 3.95. The Morgan fingerprint density at radius 3 is 3.04 bits per heavy atom. The lowest BCUT2D eigenvalue weighted by atomic mass is 10.1. The van der Waals surface area contributed by atoms with Gasteiger partial charge in [0.05, 0.1) is 24.9 Å². The minimum absolute atomic E-state index is 0.507. The predicted molar refractivity (Wildman–Crippen MR) is 94.4 cm³/mol. The number of pyridine rings is 1. The lowest BCUT2D eigenvalue weighted by Crippen LogP contribution is -2.05. The number of unbranched alkanes of at least 4 members (excludes halogenated alkanes) is 1. The monoisotopic (exact) mass is 334 g/mol. The average molecular weight is 334 g/mol. The average Bonchev–Trinajstić information content (AvgIpc) is 3.04. The molecule has 0 N–H and O–H groups in total. The van der Waals surface area contributed by atoms with Crippen molar-refractivity contribution in [3.8, 4) is 5.88 Å². The van der Waals surface area contributed by atoms with Gasteiger partial charge in [0, 0.05) is 11.6 Å². The maximum atomic E-state index is 5.64. The first-order chi connectivity index (χ1) is 12.3. The number of nitrogens with zero attached hydrogens (tertiary/aromatic N) is 6. The molecule has 3 heterocycles. The number of fused-ring (bicyclic) bond motifs is 2. The van der Waals surface area contributed by atoms with Crippen molar-refractivity contribution in [3.05, 3.63) is 48.3 Å². The van der Waals surface area contributed by atoms with E-state index in [1.54, 1.807) is 17.1 Å². The van der Waals surface area contributed by atoms with Gasteiger partial charge in [-0.05, 0) is 30.2 Å². The summed E-state index contributed by atoms with van der Waals surface area (Å²) in [4.78, 5) is 13.1. The molecular weight excluding hydrogens is 316 g/mol. The van der Waals surface area contributed by atoms with E-state index in [1.807, 2.05) is 24.3 Å². The number of benzene rings is 1. The molecule has 0 aliphatic rings. The van der Waals surface area contributed by atoms with Crippen LogP contribution in [-0.2, 0) is 6.54 Å². The molecule has 126 valence electrons. The maximum Gasteiger partial charge on any atom is 0.234 e. The zero-order valence-electron chi connectivity index (χ0n) is 14.0. The largest absolute Gasteiger partial charge is 0.477 e. The van der Waals surface area contributed by atoms with Crippen LogP contribution in [0.25, 0.3) is 22.2 Å². The first-order valence-corrected chi connectivity index (χ1v) is 8.36. The Balaban J connectivity index is 1.62. The fourth-order valence-corrected chi connectivity index (χ4v) is 2.63. The smallest absolute Gasteiger partial charge is 0.234 e. The van der Waals surface area contributed by atoms with Crippen LogP contribution in [0.1, 0.15) is 25.3 Å². The molecule has 0 radical (unpaired) electrons. The van der Waals surface area contributed by atoms with E-state index in [4.69, 9.17) is 4.74 Å². The quantitative estimate of drug-likeness (QED) is 0.504. The number of hydrogen-bond donors (Lipinski definition) is 0. The summed E-state index contributed by atoms with van der Waals surface area (Å²) in [6, 6.07) is 10.1. The van der Waals surface area contributed by atoms with Crippen molar-refractivity contribution in [2.24, 2.45) is 0 Å². The minimum Gasteiger partial charge on any atom is -0.477 e. The lowest BCUT2D eigenvalue weighted by Gasteiger charge is -2.06. The van der Waals surface area contributed by atoms with Gasteiger partial charge in [0.25, 0.3) is 0 Å². The van der Waals surface area contributed by atoms with E-state index in [0.717, 1.165) is 29.3 Å². The normalized spacial score (nSPS) is 11.2. The molecule has 7 heteroatoms. The summed E-state index contributed by atoms with van der Waals surface area (Å²) < 4.78 is 7.38. The van der Waals surface area contributed by atoms with Crippen LogP contribution in [-0.4, -0.2) is 36.6 Å². The van der Waals surface area contributed by atoms with Crippen molar-refractivity contribution in [1.29, 1.82) is 0 Å². The molecule has 0 aliphatic heterocycles. The fraction of sp³-hybridized carbons (Fsp3) is 0.278. The van der Waals surface area contributed by atoms with Gasteiger partial charge in [-0.2, -0.15) is 4.98 Å². The molecule has 0 spiro atoms. The van der Waals surface area contributed by atoms with Crippen LogP contribution in [0.5, 0.6) is 5.88 Å². The molecule has 4 rings (SSSR count). The molecule has 0 aliphatic carbocycles. The van der Waals surface area contributed by atoms with E-state index in [2.05, 4.69) is 38.3 Å². The first-order valence-electron chi connectivity index (χ1n) is 8.36. The van der Waals surface area contributed by atoms with E-state index < -0.39 is 0 Å². The Labute approximate surface area is 144 Å². The highest BCUT2D eigenvalue weighted by Crippen LogP contribution is 2.16. The van der Waals surface area contributed by atoms with Crippen molar-refractivity contribution >= 4 is 22.2 Å². The lowest BCUT2D eigenvalue weighted by molar-refractivity contribution is 0.297. The summed E-state index contributed by atoms with van der Waals surface area (Å²) in [6.07, 6.45) is 5.45. The van der Waals surface area contributed by atoms with Crippen LogP contribution >= 0.6 is 0 Å². The second-order valence-electron chi connectivity index (χ2n) is 5.84. The van der Waals surface area contributed by atoms with Gasteiger partial charge in [0.15, 0.2) is 0 Å². The topological polar surface area (TPSA) is 78.6 Å². The Bertz CT molecular complexity index is 1010. The molecule has 0 bridgehead atoms. The number of aromatic nitrogens is 6. The molecule has 0 atom stereocenters. The van der Waals surface area contributed by atoms with Crippen LogP contribution in [0, 0.1) is 0 Å². The van der Waals surface area contributed by atoms with Crippen LogP contribution in [0.2, 0.25) is 0 Å². The van der Waals surface area contributed by atoms with E-state index in [-0.39, 0.29) is 0 Å². The summed E-state index contributed by atoms with van der Waals surface area (Å²) in [5.41, 5.74) is 3.22. The van der Waals surface area contributed by atoms with Gasteiger partial charge in [0.1, 0.15) is 0 Å². The van der Waals surface area contributed by atoms with E-state index in [0.29, 0.717) is 30.3 Å². The highest BCUT2D eigenvalue weighted by molar-refractivity contribution is 5.79. The molecule has 25 heavy (non-hydrogen) atoms. The van der Waals surface area contributed by atoms with Gasteiger partial charge in [-0.15, -0.1) is 5.10 Å². The SMILES string of the molecule is CCCCOc1cnc2nnn(Cc3ccc4ncccc4c3)c2n1. The molecular formula is C18H18N6O. The fourth-order valence-electron chi connectivity index (χ4n) is 2.63. The van der Waals surface area contributed by atoms with Crippen molar-refractivity contribution < 1.29 is 4.74 Å². The Morgan fingerprint density at radius 2 is 2.12 bits per heavy atom. The maximum absolute atomic E-state index is 5.64. The predicted octanol–water partition coefficient (Wildman–Crippen LogP) is 3.00. The van der Waals surface area contributed by atoms with Crippen molar-refractivity contribution in [2.75, 3.05) is 6.61 Å². The molecule has 0 unspecified atom stereocenters. The molecule has 0 saturated carbocycles. The number of ether oxygens (including phenoxy) is 1. The van der Waals surface area contributed by atoms with Gasteiger partial charge in [0.2, 0.25) is 17.2 Å². The molecule has 7 nitrogen and oxygen atoms in total. The van der Waals surface area contributed by atoms with Crippen molar-refractivity contribution in [2.45, 2.75) is 26.3 Å². The van der Waals surface area contributed by atoms with E-state index in [9.17, 15) is 0 Å².